The zero-order valence-electron chi connectivity index (χ0n) is 7.93. The lowest BCUT2D eigenvalue weighted by Gasteiger charge is -2.04. The lowest BCUT2D eigenvalue weighted by molar-refractivity contribution is 0.736. The maximum atomic E-state index is 11.4. The second-order valence-electron chi connectivity index (χ2n) is 3.17. The van der Waals surface area contributed by atoms with E-state index in [9.17, 15) is 4.79 Å². The number of nitrogens with zero attached hydrogens (tertiary/aromatic N) is 2. The molecule has 1 aromatic carbocycles. The van der Waals surface area contributed by atoms with Crippen LogP contribution in [0.2, 0.25) is 0 Å². The Labute approximate surface area is 101 Å². The molecule has 0 spiro atoms. The Balaban J connectivity index is 2.26. The van der Waals surface area contributed by atoms with Gasteiger partial charge in [0.1, 0.15) is 0 Å². The molecule has 0 amide bonds. The highest BCUT2D eigenvalue weighted by Gasteiger charge is 1.96. The summed E-state index contributed by atoms with van der Waals surface area (Å²) in [5.74, 6) is 0. The Bertz CT molecular complexity index is 504. The second-order valence-corrected chi connectivity index (χ2v) is 4.42. The van der Waals surface area contributed by atoms with Crippen molar-refractivity contribution in [2.45, 2.75) is 6.54 Å². The van der Waals surface area contributed by atoms with E-state index in [1.54, 1.807) is 10.9 Å². The van der Waals surface area contributed by atoms with Gasteiger partial charge in [-0.05, 0) is 40.3 Å². The monoisotopic (exact) mass is 312 g/mol. The number of halogens is 1. The van der Waals surface area contributed by atoms with Crippen LogP contribution in [0, 0.1) is 3.57 Å². The van der Waals surface area contributed by atoms with Crippen LogP contribution < -0.4 is 5.56 Å². The Kier molecular flexibility index (Phi) is 3.15. The largest absolute Gasteiger partial charge is 0.295 e. The molecule has 0 aliphatic carbocycles. The fraction of sp³-hybridized carbons (Fsp3) is 0.0909. The summed E-state index contributed by atoms with van der Waals surface area (Å²) in [4.78, 5) is 15.3. The first-order valence-electron chi connectivity index (χ1n) is 4.50. The van der Waals surface area contributed by atoms with Crippen molar-refractivity contribution in [3.05, 3.63) is 62.3 Å². The van der Waals surface area contributed by atoms with Crippen LogP contribution >= 0.6 is 22.6 Å². The fourth-order valence-electron chi connectivity index (χ4n) is 1.28. The second kappa shape index (κ2) is 4.57. The molecule has 0 bridgehead atoms. The average molecular weight is 312 g/mol. The molecule has 2 aromatic rings. The molecule has 0 N–H and O–H groups in total. The molecule has 15 heavy (non-hydrogen) atoms. The topological polar surface area (TPSA) is 34.9 Å². The van der Waals surface area contributed by atoms with Gasteiger partial charge >= 0.3 is 0 Å². The molecule has 2 rings (SSSR count). The quantitative estimate of drug-likeness (QED) is 0.794. The van der Waals surface area contributed by atoms with E-state index in [-0.39, 0.29) is 5.56 Å². The summed E-state index contributed by atoms with van der Waals surface area (Å²) >= 11 is 2.25. The molecule has 0 saturated carbocycles. The van der Waals surface area contributed by atoms with Gasteiger partial charge in [0.05, 0.1) is 12.9 Å². The predicted molar refractivity (Wildman–Crippen MR) is 66.8 cm³/mol. The van der Waals surface area contributed by atoms with Crippen molar-refractivity contribution in [2.24, 2.45) is 0 Å². The van der Waals surface area contributed by atoms with Gasteiger partial charge in [0.25, 0.3) is 5.56 Å². The minimum atomic E-state index is -0.0245. The molecule has 76 valence electrons. The smallest absolute Gasteiger partial charge is 0.253 e. The van der Waals surface area contributed by atoms with Gasteiger partial charge in [-0.25, -0.2) is 4.98 Å². The normalized spacial score (nSPS) is 10.2. The van der Waals surface area contributed by atoms with Crippen molar-refractivity contribution in [1.29, 1.82) is 0 Å². The molecule has 0 unspecified atom stereocenters. The number of benzene rings is 1. The molecule has 0 aliphatic rings. The molecule has 1 aromatic heterocycles. The Morgan fingerprint density at radius 3 is 2.60 bits per heavy atom. The van der Waals surface area contributed by atoms with E-state index in [1.807, 2.05) is 24.3 Å². The molecule has 0 radical (unpaired) electrons. The molecule has 0 atom stereocenters. The summed E-state index contributed by atoms with van der Waals surface area (Å²) in [7, 11) is 0. The van der Waals surface area contributed by atoms with E-state index in [4.69, 9.17) is 0 Å². The van der Waals surface area contributed by atoms with Gasteiger partial charge in [-0.1, -0.05) is 12.1 Å². The standard InChI is InChI=1S/C11H9IN2O/c12-10-3-1-9(2-4-10)7-14-8-13-6-5-11(14)15/h1-6,8H,7H2. The van der Waals surface area contributed by atoms with Gasteiger partial charge in [-0.3, -0.25) is 9.36 Å². The van der Waals surface area contributed by atoms with Crippen molar-refractivity contribution >= 4 is 22.6 Å². The number of rotatable bonds is 2. The summed E-state index contributed by atoms with van der Waals surface area (Å²) in [5.41, 5.74) is 1.08. The summed E-state index contributed by atoms with van der Waals surface area (Å²) in [5, 5.41) is 0. The van der Waals surface area contributed by atoms with Crippen LogP contribution in [0.4, 0.5) is 0 Å². The van der Waals surface area contributed by atoms with Crippen LogP contribution in [0.1, 0.15) is 5.56 Å². The number of hydrogen-bond acceptors (Lipinski definition) is 2. The van der Waals surface area contributed by atoms with Gasteiger partial charge in [-0.15, -0.1) is 0 Å². The lowest BCUT2D eigenvalue weighted by Crippen LogP contribution is -2.19. The molecular weight excluding hydrogens is 303 g/mol. The van der Waals surface area contributed by atoms with Crippen molar-refractivity contribution in [3.63, 3.8) is 0 Å². The van der Waals surface area contributed by atoms with Crippen LogP contribution in [-0.2, 0) is 6.54 Å². The number of hydrogen-bond donors (Lipinski definition) is 0. The molecule has 0 fully saturated rings. The minimum Gasteiger partial charge on any atom is -0.295 e. The molecule has 1 heterocycles. The fourth-order valence-corrected chi connectivity index (χ4v) is 1.64. The van der Waals surface area contributed by atoms with Crippen LogP contribution in [0.25, 0.3) is 0 Å². The van der Waals surface area contributed by atoms with E-state index >= 15 is 0 Å². The highest BCUT2D eigenvalue weighted by Crippen LogP contribution is 2.07. The van der Waals surface area contributed by atoms with Crippen molar-refractivity contribution in [1.82, 2.24) is 9.55 Å². The third-order valence-corrected chi connectivity index (χ3v) is 2.78. The zero-order valence-corrected chi connectivity index (χ0v) is 10.1. The van der Waals surface area contributed by atoms with Crippen LogP contribution in [0.15, 0.2) is 47.7 Å². The first kappa shape index (κ1) is 10.4. The van der Waals surface area contributed by atoms with Crippen molar-refractivity contribution in [2.75, 3.05) is 0 Å². The zero-order chi connectivity index (χ0) is 10.7. The first-order chi connectivity index (χ1) is 7.25. The third kappa shape index (κ3) is 2.65. The first-order valence-corrected chi connectivity index (χ1v) is 5.58. The molecule has 0 saturated heterocycles. The van der Waals surface area contributed by atoms with Crippen molar-refractivity contribution < 1.29 is 0 Å². The van der Waals surface area contributed by atoms with E-state index in [0.717, 1.165) is 5.56 Å². The average Bonchev–Trinajstić information content (AvgIpc) is 2.25. The van der Waals surface area contributed by atoms with Gasteiger partial charge in [0.2, 0.25) is 0 Å². The maximum Gasteiger partial charge on any atom is 0.253 e. The number of aromatic nitrogens is 2. The molecular formula is C11H9IN2O. The van der Waals surface area contributed by atoms with E-state index < -0.39 is 0 Å². The Morgan fingerprint density at radius 2 is 1.93 bits per heavy atom. The Morgan fingerprint density at radius 1 is 1.20 bits per heavy atom. The van der Waals surface area contributed by atoms with Crippen LogP contribution in [0.5, 0.6) is 0 Å². The summed E-state index contributed by atoms with van der Waals surface area (Å²) in [6.45, 7) is 0.573. The highest BCUT2D eigenvalue weighted by atomic mass is 127. The Hall–Kier alpha value is -1.17. The SMILES string of the molecule is O=c1ccncn1Cc1ccc(I)cc1. The molecule has 4 heteroatoms. The van der Waals surface area contributed by atoms with Gasteiger partial charge < -0.3 is 0 Å². The van der Waals surface area contributed by atoms with E-state index in [2.05, 4.69) is 27.6 Å². The lowest BCUT2D eigenvalue weighted by atomic mass is 10.2. The maximum absolute atomic E-state index is 11.4. The van der Waals surface area contributed by atoms with E-state index in [0.29, 0.717) is 6.54 Å². The summed E-state index contributed by atoms with van der Waals surface area (Å²) in [6.07, 6.45) is 3.06. The van der Waals surface area contributed by atoms with E-state index in [1.165, 1.54) is 15.8 Å². The molecule has 3 nitrogen and oxygen atoms in total. The summed E-state index contributed by atoms with van der Waals surface area (Å²) < 4.78 is 2.78. The third-order valence-electron chi connectivity index (χ3n) is 2.06. The highest BCUT2D eigenvalue weighted by molar-refractivity contribution is 14.1. The van der Waals surface area contributed by atoms with Gasteiger partial charge in [-0.2, -0.15) is 0 Å². The van der Waals surface area contributed by atoms with Crippen LogP contribution in [0.3, 0.4) is 0 Å². The summed E-state index contributed by atoms with van der Waals surface area (Å²) in [6, 6.07) is 9.55. The molecule has 0 aliphatic heterocycles. The van der Waals surface area contributed by atoms with Crippen molar-refractivity contribution in [3.8, 4) is 0 Å². The van der Waals surface area contributed by atoms with Gasteiger partial charge in [0, 0.05) is 15.8 Å². The van der Waals surface area contributed by atoms with Gasteiger partial charge in [0.15, 0.2) is 0 Å². The predicted octanol–water partition coefficient (Wildman–Crippen LogP) is 1.90. The van der Waals surface area contributed by atoms with Crippen LogP contribution in [-0.4, -0.2) is 9.55 Å². The minimum absolute atomic E-state index is 0.0245.